The van der Waals surface area contributed by atoms with Gasteiger partial charge in [-0.2, -0.15) is 0 Å². The maximum absolute atomic E-state index is 11.5. The van der Waals surface area contributed by atoms with Crippen molar-refractivity contribution in [3.05, 3.63) is 58.9 Å². The van der Waals surface area contributed by atoms with E-state index in [9.17, 15) is 4.21 Å². The lowest BCUT2D eigenvalue weighted by molar-refractivity contribution is 0.701. The van der Waals surface area contributed by atoms with Gasteiger partial charge in [-0.25, -0.2) is 9.19 Å². The molecular weight excluding hydrogens is 294 g/mol. The Kier molecular flexibility index (Phi) is 3.30. The third-order valence-electron chi connectivity index (χ3n) is 2.95. The van der Waals surface area contributed by atoms with Crippen LogP contribution in [0.3, 0.4) is 0 Å². The number of rotatable bonds is 2. The number of hydrogen-bond acceptors (Lipinski definition) is 3. The highest BCUT2D eigenvalue weighted by Gasteiger charge is 2.14. The molecule has 1 aromatic heterocycles. The molecule has 3 rings (SSSR count). The van der Waals surface area contributed by atoms with Crippen LogP contribution in [-0.4, -0.2) is 19.0 Å². The molecule has 0 spiro atoms. The number of nitrogens with two attached hydrogens (primary N) is 1. The molecule has 0 saturated heterocycles. The van der Waals surface area contributed by atoms with Gasteiger partial charge < -0.3 is 10.7 Å². The summed E-state index contributed by atoms with van der Waals surface area (Å²) in [7, 11) is 0. The first-order valence-electron chi connectivity index (χ1n) is 5.86. The molecule has 6 heteroatoms. The molecule has 3 N–H and O–H groups in total. The van der Waals surface area contributed by atoms with Crippen molar-refractivity contribution < 1.29 is 4.21 Å². The van der Waals surface area contributed by atoms with E-state index in [1.165, 1.54) is 0 Å². The number of benzene rings is 2. The number of aromatic amines is 1. The highest BCUT2D eigenvalue weighted by Crippen LogP contribution is 2.20. The Morgan fingerprint density at radius 3 is 2.80 bits per heavy atom. The first kappa shape index (κ1) is 12.9. The third-order valence-corrected chi connectivity index (χ3v) is 3.76. The number of H-pyrrole nitrogens is 1. The van der Waals surface area contributed by atoms with Crippen LogP contribution in [0.5, 0.6) is 0 Å². The van der Waals surface area contributed by atoms with E-state index in [1.807, 2.05) is 12.1 Å². The van der Waals surface area contributed by atoms with Gasteiger partial charge >= 0.3 is 0 Å². The molecule has 0 radical (unpaired) electrons. The molecular formula is C14H10ClN3OS. The number of aromatic nitrogens is 2. The fourth-order valence-corrected chi connectivity index (χ4v) is 2.63. The molecule has 3 aromatic rings. The Morgan fingerprint density at radius 1 is 1.25 bits per heavy atom. The predicted octanol–water partition coefficient (Wildman–Crippen LogP) is 2.58. The van der Waals surface area contributed by atoms with Crippen LogP contribution in [0.4, 0.5) is 5.69 Å². The summed E-state index contributed by atoms with van der Waals surface area (Å²) in [6, 6.07) is 12.6. The summed E-state index contributed by atoms with van der Waals surface area (Å²) in [4.78, 5) is 7.99. The van der Waals surface area contributed by atoms with Gasteiger partial charge in [0.2, 0.25) is 0 Å². The number of imidazole rings is 1. The highest BCUT2D eigenvalue weighted by atomic mass is 35.5. The molecule has 1 heterocycles. The Hall–Kier alpha value is -2.11. The average Bonchev–Trinajstić information content (AvgIpc) is 2.84. The van der Waals surface area contributed by atoms with Crippen molar-refractivity contribution in [2.75, 3.05) is 5.73 Å². The molecule has 0 aliphatic rings. The topological polar surface area (TPSA) is 71.8 Å². The fourth-order valence-electron chi connectivity index (χ4n) is 2.01. The van der Waals surface area contributed by atoms with Gasteiger partial charge in [-0.15, -0.1) is 0 Å². The summed E-state index contributed by atoms with van der Waals surface area (Å²) in [5.74, 6) is 0.500. The van der Waals surface area contributed by atoms with Crippen molar-refractivity contribution in [3.8, 4) is 0 Å². The van der Waals surface area contributed by atoms with Crippen molar-refractivity contribution in [1.29, 1.82) is 0 Å². The molecule has 0 aliphatic heterocycles. The van der Waals surface area contributed by atoms with Gasteiger partial charge in [0.25, 0.3) is 0 Å². The van der Waals surface area contributed by atoms with Crippen LogP contribution in [0.2, 0.25) is 5.02 Å². The molecule has 100 valence electrons. The quantitative estimate of drug-likeness (QED) is 0.434. The van der Waals surface area contributed by atoms with E-state index in [4.69, 9.17) is 17.3 Å². The Labute approximate surface area is 123 Å². The van der Waals surface area contributed by atoms with E-state index in [0.29, 0.717) is 38.2 Å². The summed E-state index contributed by atoms with van der Waals surface area (Å²) < 4.78 is 11.5. The molecule has 0 saturated carbocycles. The van der Waals surface area contributed by atoms with E-state index in [1.54, 1.807) is 30.3 Å². The van der Waals surface area contributed by atoms with Crippen molar-refractivity contribution in [2.45, 2.75) is 0 Å². The number of anilines is 1. The molecule has 0 amide bonds. The number of halogens is 1. The molecule has 0 bridgehead atoms. The minimum Gasteiger partial charge on any atom is -0.398 e. The predicted molar refractivity (Wildman–Crippen MR) is 83.3 cm³/mol. The minimum atomic E-state index is 0.370. The van der Waals surface area contributed by atoms with Gasteiger partial charge in [0, 0.05) is 16.3 Å². The number of hydrogen-bond donors (Lipinski definition) is 2. The monoisotopic (exact) mass is 303 g/mol. The second-order valence-electron chi connectivity index (χ2n) is 4.25. The van der Waals surface area contributed by atoms with E-state index in [-0.39, 0.29) is 0 Å². The maximum atomic E-state index is 11.5. The molecule has 0 unspecified atom stereocenters. The van der Waals surface area contributed by atoms with Crippen LogP contribution in [0.1, 0.15) is 11.4 Å². The van der Waals surface area contributed by atoms with E-state index in [2.05, 4.69) is 9.97 Å². The third kappa shape index (κ3) is 2.21. The summed E-state index contributed by atoms with van der Waals surface area (Å²) >= 11 is 6.31. The summed E-state index contributed by atoms with van der Waals surface area (Å²) in [6.45, 7) is 0. The van der Waals surface area contributed by atoms with Gasteiger partial charge in [0.1, 0.15) is 16.1 Å². The number of para-hydroxylation sites is 1. The molecule has 4 nitrogen and oxygen atoms in total. The van der Waals surface area contributed by atoms with Crippen molar-refractivity contribution >= 4 is 44.4 Å². The molecule has 0 atom stereocenters. The van der Waals surface area contributed by atoms with Gasteiger partial charge in [0.05, 0.1) is 11.0 Å². The first-order chi connectivity index (χ1) is 9.69. The fraction of sp³-hybridized carbons (Fsp3) is 0. The second-order valence-corrected chi connectivity index (χ2v) is 5.26. The summed E-state index contributed by atoms with van der Waals surface area (Å²) in [5, 5.41) is 0.614. The van der Waals surface area contributed by atoms with Crippen LogP contribution in [0.25, 0.3) is 11.0 Å². The molecule has 20 heavy (non-hydrogen) atoms. The van der Waals surface area contributed by atoms with Crippen LogP contribution in [0.15, 0.2) is 42.5 Å². The average molecular weight is 304 g/mol. The zero-order chi connectivity index (χ0) is 14.1. The van der Waals surface area contributed by atoms with Gasteiger partial charge in [-0.3, -0.25) is 0 Å². The zero-order valence-corrected chi connectivity index (χ0v) is 11.8. The zero-order valence-electron chi connectivity index (χ0n) is 10.3. The van der Waals surface area contributed by atoms with Crippen molar-refractivity contribution in [3.63, 3.8) is 0 Å². The maximum Gasteiger partial charge on any atom is 0.152 e. The lowest BCUT2D eigenvalue weighted by Crippen LogP contribution is -2.08. The number of nitrogens with zero attached hydrogens (tertiary/aromatic N) is 1. The normalized spacial score (nSPS) is 10.7. The summed E-state index contributed by atoms with van der Waals surface area (Å²) in [6.07, 6.45) is 0. The lowest BCUT2D eigenvalue weighted by atomic mass is 10.1. The highest BCUT2D eigenvalue weighted by molar-refractivity contribution is 7.67. The number of fused-ring (bicyclic) bond motifs is 1. The minimum absolute atomic E-state index is 0.370. The molecule has 2 aromatic carbocycles. The van der Waals surface area contributed by atoms with Crippen LogP contribution in [-0.2, 0) is 11.3 Å². The van der Waals surface area contributed by atoms with Crippen molar-refractivity contribution in [1.82, 2.24) is 9.97 Å². The first-order valence-corrected chi connectivity index (χ1v) is 6.98. The lowest BCUT2D eigenvalue weighted by Gasteiger charge is -2.03. The van der Waals surface area contributed by atoms with E-state index >= 15 is 0 Å². The van der Waals surface area contributed by atoms with Crippen molar-refractivity contribution in [2.24, 2.45) is 0 Å². The van der Waals surface area contributed by atoms with Gasteiger partial charge in [-0.05, 0) is 24.3 Å². The van der Waals surface area contributed by atoms with E-state index in [0.717, 1.165) is 11.0 Å². The van der Waals surface area contributed by atoms with Crippen LogP contribution < -0.4 is 5.73 Å². The Bertz CT molecular complexity index is 853. The molecule has 0 aliphatic carbocycles. The van der Waals surface area contributed by atoms with Gasteiger partial charge in [0.15, 0.2) is 5.82 Å². The second kappa shape index (κ2) is 5.11. The molecule has 0 fully saturated rings. The SMILES string of the molecule is Nc1ccccc1C(=S=O)c1nc2ccc(Cl)cc2[nH]1. The Morgan fingerprint density at radius 2 is 2.05 bits per heavy atom. The number of nitrogen functional groups attached to an aromatic ring is 1. The standard InChI is InChI=1S/C14H10ClN3OS/c15-8-5-6-11-12(7-8)18-14(17-11)13(20-19)9-3-1-2-4-10(9)16/h1-7H,16H2,(H,17,18). The number of nitrogens with one attached hydrogen (secondary N) is 1. The van der Waals surface area contributed by atoms with Crippen LogP contribution in [0, 0.1) is 0 Å². The van der Waals surface area contributed by atoms with E-state index < -0.39 is 0 Å². The Balaban J connectivity index is 2.18. The van der Waals surface area contributed by atoms with Gasteiger partial charge in [-0.1, -0.05) is 29.8 Å². The summed E-state index contributed by atoms with van der Waals surface area (Å²) in [5.41, 5.74) is 8.68. The largest absolute Gasteiger partial charge is 0.398 e. The van der Waals surface area contributed by atoms with Crippen LogP contribution >= 0.6 is 11.6 Å². The smallest absolute Gasteiger partial charge is 0.152 e.